The summed E-state index contributed by atoms with van der Waals surface area (Å²) < 4.78 is 14.4. The van der Waals surface area contributed by atoms with E-state index < -0.39 is 5.82 Å². The Morgan fingerprint density at radius 3 is 2.55 bits per heavy atom. The summed E-state index contributed by atoms with van der Waals surface area (Å²) in [5.74, 6) is -0.569. The Kier molecular flexibility index (Phi) is 7.40. The maximum Gasteiger partial charge on any atom is 0.261 e. The highest BCUT2D eigenvalue weighted by Crippen LogP contribution is 2.36. The average Bonchev–Trinajstić information content (AvgIpc) is 2.91. The maximum absolute atomic E-state index is 14.4. The van der Waals surface area contributed by atoms with Gasteiger partial charge in [0.15, 0.2) is 0 Å². The molecular formula is C24H27ClFN5O2. The molecule has 0 unspecified atom stereocenters. The highest BCUT2D eigenvalue weighted by molar-refractivity contribution is 6.15. The summed E-state index contributed by atoms with van der Waals surface area (Å²) >= 11 is 0. The fourth-order valence-corrected chi connectivity index (χ4v) is 3.71. The highest BCUT2D eigenvalue weighted by Gasteiger charge is 2.24. The minimum Gasteiger partial charge on any atom is -0.508 e. The molecule has 1 aliphatic rings. The van der Waals surface area contributed by atoms with Gasteiger partial charge < -0.3 is 21.1 Å². The Hall–Kier alpha value is -3.36. The number of carbonyl (C=O) groups excluding carboxylic acids is 1. The van der Waals surface area contributed by atoms with Crippen LogP contribution in [0.3, 0.4) is 0 Å². The Morgan fingerprint density at radius 2 is 1.82 bits per heavy atom. The molecule has 2 aromatic carbocycles. The van der Waals surface area contributed by atoms with E-state index in [0.29, 0.717) is 22.8 Å². The van der Waals surface area contributed by atoms with Crippen LogP contribution in [0, 0.1) is 12.7 Å². The van der Waals surface area contributed by atoms with Crippen molar-refractivity contribution >= 4 is 46.9 Å². The van der Waals surface area contributed by atoms with Gasteiger partial charge >= 0.3 is 0 Å². The second kappa shape index (κ2) is 10.1. The van der Waals surface area contributed by atoms with E-state index in [1.54, 1.807) is 13.0 Å². The molecule has 1 aliphatic heterocycles. The third kappa shape index (κ3) is 5.02. The lowest BCUT2D eigenvalue weighted by molar-refractivity contribution is 0.102. The minimum atomic E-state index is -0.530. The first-order chi connectivity index (χ1) is 15.4. The molecule has 0 fully saturated rings. The summed E-state index contributed by atoms with van der Waals surface area (Å²) in [5.41, 5.74) is 3.59. The van der Waals surface area contributed by atoms with Crippen LogP contribution in [0.2, 0.25) is 0 Å². The molecule has 1 amide bonds. The van der Waals surface area contributed by atoms with Gasteiger partial charge in [0.1, 0.15) is 22.9 Å². The lowest BCUT2D eigenvalue weighted by Gasteiger charge is -2.19. The molecule has 0 saturated carbocycles. The molecular weight excluding hydrogens is 445 g/mol. The van der Waals surface area contributed by atoms with Gasteiger partial charge in [-0.1, -0.05) is 19.9 Å². The minimum absolute atomic E-state index is 0. The van der Waals surface area contributed by atoms with E-state index in [1.807, 2.05) is 18.2 Å². The van der Waals surface area contributed by atoms with Crippen molar-refractivity contribution in [3.63, 3.8) is 0 Å². The van der Waals surface area contributed by atoms with Crippen LogP contribution < -0.4 is 16.0 Å². The first kappa shape index (κ1) is 24.3. The molecule has 0 atom stereocenters. The number of phenols is 1. The van der Waals surface area contributed by atoms with Gasteiger partial charge in [0.2, 0.25) is 0 Å². The van der Waals surface area contributed by atoms with Gasteiger partial charge in [-0.25, -0.2) is 9.37 Å². The lowest BCUT2D eigenvalue weighted by atomic mass is 10.1. The van der Waals surface area contributed by atoms with Gasteiger partial charge in [-0.15, -0.1) is 12.4 Å². The number of phenolic OH excluding ortho intramolecular Hbond substituents is 1. The number of halogens is 2. The number of nitrogens with zero attached hydrogens (tertiary/aromatic N) is 2. The van der Waals surface area contributed by atoms with Crippen LogP contribution in [-0.2, 0) is 6.54 Å². The van der Waals surface area contributed by atoms with E-state index in [9.17, 15) is 14.3 Å². The van der Waals surface area contributed by atoms with Crippen LogP contribution in [0.15, 0.2) is 42.6 Å². The van der Waals surface area contributed by atoms with Gasteiger partial charge in [-0.3, -0.25) is 9.69 Å². The summed E-state index contributed by atoms with van der Waals surface area (Å²) in [6.45, 7) is 8.50. The molecule has 1 aromatic heterocycles. The van der Waals surface area contributed by atoms with Crippen LogP contribution in [-0.4, -0.2) is 34.0 Å². The number of aromatic hydroxyl groups is 1. The molecule has 33 heavy (non-hydrogen) atoms. The van der Waals surface area contributed by atoms with Gasteiger partial charge in [0.25, 0.3) is 5.91 Å². The van der Waals surface area contributed by atoms with E-state index in [4.69, 9.17) is 0 Å². The Balaban J connectivity index is 0.00000306. The number of amides is 1. The predicted molar refractivity (Wildman–Crippen MR) is 132 cm³/mol. The molecule has 0 bridgehead atoms. The van der Waals surface area contributed by atoms with Gasteiger partial charge in [0.05, 0.1) is 22.7 Å². The summed E-state index contributed by atoms with van der Waals surface area (Å²) in [6.07, 6.45) is 1.53. The quantitative estimate of drug-likeness (QED) is 0.377. The normalized spacial score (nSPS) is 12.1. The number of pyridine rings is 1. The fraction of sp³-hybridized carbons (Fsp3) is 0.250. The smallest absolute Gasteiger partial charge is 0.261 e. The van der Waals surface area contributed by atoms with Crippen LogP contribution in [0.1, 0.15) is 35.3 Å². The summed E-state index contributed by atoms with van der Waals surface area (Å²) in [7, 11) is 0. The maximum atomic E-state index is 14.4. The standard InChI is InChI=1S/C24H26FN5O2.ClH/c1-4-30(5-2)13-15-6-7-17-20(11-15)29-24(32)22-18(8-9-26-23(22)28-17)27-19-12-21(31)14(3)10-16(19)25;/h6-12,31H,4-5,13H2,1-3H3,(H,29,32)(H2,26,27,28);1H. The molecule has 2 heterocycles. The average molecular weight is 472 g/mol. The summed E-state index contributed by atoms with van der Waals surface area (Å²) in [6, 6.07) is 10.0. The number of benzene rings is 2. The van der Waals surface area contributed by atoms with Crippen LogP contribution >= 0.6 is 12.4 Å². The van der Waals surface area contributed by atoms with E-state index >= 15 is 0 Å². The highest BCUT2D eigenvalue weighted by atomic mass is 35.5. The second-order valence-corrected chi connectivity index (χ2v) is 7.75. The van der Waals surface area contributed by atoms with Crippen molar-refractivity contribution in [2.75, 3.05) is 29.0 Å². The zero-order valence-corrected chi connectivity index (χ0v) is 19.5. The zero-order chi connectivity index (χ0) is 22.8. The van der Waals surface area contributed by atoms with Crippen LogP contribution in [0.5, 0.6) is 5.75 Å². The fourth-order valence-electron chi connectivity index (χ4n) is 3.71. The number of nitrogens with one attached hydrogen (secondary N) is 3. The van der Waals surface area contributed by atoms with Crippen molar-refractivity contribution in [3.05, 3.63) is 65.1 Å². The van der Waals surface area contributed by atoms with Crippen molar-refractivity contribution < 1.29 is 14.3 Å². The Morgan fingerprint density at radius 1 is 1.06 bits per heavy atom. The van der Waals surface area contributed by atoms with Gasteiger partial charge in [-0.05, 0) is 55.4 Å². The van der Waals surface area contributed by atoms with Crippen LogP contribution in [0.25, 0.3) is 0 Å². The zero-order valence-electron chi connectivity index (χ0n) is 18.7. The van der Waals surface area contributed by atoms with Gasteiger partial charge in [-0.2, -0.15) is 0 Å². The van der Waals surface area contributed by atoms with Crippen LogP contribution in [0.4, 0.5) is 33.0 Å². The lowest BCUT2D eigenvalue weighted by Crippen LogP contribution is -2.22. The molecule has 3 aromatic rings. The van der Waals surface area contributed by atoms with Crippen molar-refractivity contribution in [3.8, 4) is 5.75 Å². The van der Waals surface area contributed by atoms with Crippen molar-refractivity contribution in [1.29, 1.82) is 0 Å². The summed E-state index contributed by atoms with van der Waals surface area (Å²) in [4.78, 5) is 19.8. The van der Waals surface area contributed by atoms with E-state index in [1.165, 1.54) is 18.3 Å². The summed E-state index contributed by atoms with van der Waals surface area (Å²) in [5, 5.41) is 19.0. The third-order valence-corrected chi connectivity index (χ3v) is 5.62. The number of aromatic nitrogens is 1. The molecule has 9 heteroatoms. The van der Waals surface area contributed by atoms with Gasteiger partial charge in [0, 0.05) is 18.8 Å². The molecule has 7 nitrogen and oxygen atoms in total. The molecule has 0 spiro atoms. The Bertz CT molecular complexity index is 1180. The topological polar surface area (TPSA) is 89.5 Å². The number of hydrogen-bond acceptors (Lipinski definition) is 6. The molecule has 4 N–H and O–H groups in total. The third-order valence-electron chi connectivity index (χ3n) is 5.62. The number of fused-ring (bicyclic) bond motifs is 2. The number of anilines is 5. The van der Waals surface area contributed by atoms with Crippen molar-refractivity contribution in [1.82, 2.24) is 9.88 Å². The van der Waals surface area contributed by atoms with E-state index in [0.717, 1.165) is 30.9 Å². The van der Waals surface area contributed by atoms with Crippen molar-refractivity contribution in [2.45, 2.75) is 27.3 Å². The number of aryl methyl sites for hydroxylation is 1. The Labute approximate surface area is 198 Å². The number of rotatable bonds is 6. The molecule has 0 saturated heterocycles. The van der Waals surface area contributed by atoms with E-state index in [2.05, 4.69) is 39.7 Å². The SMILES string of the molecule is CCN(CC)Cc1ccc2c(c1)NC(=O)c1c(Nc3cc(O)c(C)cc3F)ccnc1N2.Cl. The largest absolute Gasteiger partial charge is 0.508 e. The first-order valence-electron chi connectivity index (χ1n) is 10.6. The number of hydrogen-bond donors (Lipinski definition) is 4. The molecule has 174 valence electrons. The van der Waals surface area contributed by atoms with E-state index in [-0.39, 0.29) is 35.3 Å². The first-order valence-corrected chi connectivity index (χ1v) is 10.6. The monoisotopic (exact) mass is 471 g/mol. The predicted octanol–water partition coefficient (Wildman–Crippen LogP) is 5.55. The molecule has 0 aliphatic carbocycles. The second-order valence-electron chi connectivity index (χ2n) is 7.75. The molecule has 0 radical (unpaired) electrons. The van der Waals surface area contributed by atoms with Crippen molar-refractivity contribution in [2.24, 2.45) is 0 Å². The molecule has 4 rings (SSSR count). The number of carbonyl (C=O) groups is 1.